The Kier molecular flexibility index (Phi) is 3.39. The zero-order chi connectivity index (χ0) is 12.3. The van der Waals surface area contributed by atoms with Crippen LogP contribution in [0.4, 0.5) is 0 Å². The first kappa shape index (κ1) is 11.6. The fraction of sp³-hybridized carbons (Fsp3) is 0.333. The largest absolute Gasteiger partial charge is 0.354 e. The van der Waals surface area contributed by atoms with Crippen molar-refractivity contribution >= 4 is 11.8 Å². The summed E-state index contributed by atoms with van der Waals surface area (Å²) in [5.74, 6) is -0.187. The van der Waals surface area contributed by atoms with Gasteiger partial charge >= 0.3 is 0 Å². The number of nitrogens with two attached hydrogens (primary N) is 1. The fourth-order valence-electron chi connectivity index (χ4n) is 1.82. The van der Waals surface area contributed by atoms with Crippen molar-refractivity contribution in [2.45, 2.75) is 19.0 Å². The van der Waals surface area contributed by atoms with Crippen LogP contribution >= 0.6 is 0 Å². The maximum atomic E-state index is 11.9. The van der Waals surface area contributed by atoms with Crippen molar-refractivity contribution in [1.82, 2.24) is 10.6 Å². The molecule has 0 bridgehead atoms. The smallest absolute Gasteiger partial charge is 0.251 e. The standard InChI is InChI=1S/C12H15N3O2/c13-6-8-2-1-3-9(4-8)12(17)15-10-5-11(16)14-7-10/h1-4,10H,5-7,13H2,(H,14,16)(H,15,17). The normalized spacial score (nSPS) is 18.9. The van der Waals surface area contributed by atoms with Crippen molar-refractivity contribution in [3.63, 3.8) is 0 Å². The van der Waals surface area contributed by atoms with E-state index in [2.05, 4.69) is 10.6 Å². The van der Waals surface area contributed by atoms with Crippen molar-refractivity contribution in [1.29, 1.82) is 0 Å². The molecule has 0 radical (unpaired) electrons. The van der Waals surface area contributed by atoms with Gasteiger partial charge in [-0.3, -0.25) is 9.59 Å². The summed E-state index contributed by atoms with van der Waals surface area (Å²) >= 11 is 0. The third-order valence-electron chi connectivity index (χ3n) is 2.74. The van der Waals surface area contributed by atoms with Crippen LogP contribution in [-0.2, 0) is 11.3 Å². The number of nitrogens with one attached hydrogen (secondary N) is 2. The van der Waals surface area contributed by atoms with Gasteiger partial charge in [0.05, 0.1) is 6.04 Å². The average molecular weight is 233 g/mol. The zero-order valence-corrected chi connectivity index (χ0v) is 9.40. The minimum Gasteiger partial charge on any atom is -0.354 e. The second kappa shape index (κ2) is 4.97. The van der Waals surface area contributed by atoms with E-state index in [4.69, 9.17) is 5.73 Å². The van der Waals surface area contributed by atoms with E-state index in [0.717, 1.165) is 5.56 Å². The first-order valence-corrected chi connectivity index (χ1v) is 5.55. The van der Waals surface area contributed by atoms with E-state index < -0.39 is 0 Å². The van der Waals surface area contributed by atoms with E-state index in [0.29, 0.717) is 25.1 Å². The predicted octanol–water partition coefficient (Wildman–Crippen LogP) is -0.236. The Bertz CT molecular complexity index is 445. The van der Waals surface area contributed by atoms with Gasteiger partial charge in [0.1, 0.15) is 0 Å². The van der Waals surface area contributed by atoms with Crippen LogP contribution in [0.3, 0.4) is 0 Å². The Morgan fingerprint density at radius 2 is 2.35 bits per heavy atom. The highest BCUT2D eigenvalue weighted by atomic mass is 16.2. The number of rotatable bonds is 3. The Hall–Kier alpha value is -1.88. The summed E-state index contributed by atoms with van der Waals surface area (Å²) in [6.07, 6.45) is 0.350. The maximum Gasteiger partial charge on any atom is 0.251 e. The Morgan fingerprint density at radius 1 is 1.53 bits per heavy atom. The first-order valence-electron chi connectivity index (χ1n) is 5.55. The quantitative estimate of drug-likeness (QED) is 0.674. The molecule has 1 fully saturated rings. The molecule has 4 N–H and O–H groups in total. The summed E-state index contributed by atoms with van der Waals surface area (Å²) in [5.41, 5.74) is 7.01. The highest BCUT2D eigenvalue weighted by molar-refractivity contribution is 5.95. The predicted molar refractivity (Wildman–Crippen MR) is 63.2 cm³/mol. The molecule has 1 heterocycles. The number of carbonyl (C=O) groups excluding carboxylic acids is 2. The van der Waals surface area contributed by atoms with Gasteiger partial charge in [-0.1, -0.05) is 12.1 Å². The third kappa shape index (κ3) is 2.82. The Balaban J connectivity index is 2.01. The minimum atomic E-state index is -0.165. The molecule has 2 amide bonds. The molecule has 1 saturated heterocycles. The van der Waals surface area contributed by atoms with Gasteiger partial charge in [0.2, 0.25) is 5.91 Å². The van der Waals surface area contributed by atoms with E-state index in [-0.39, 0.29) is 17.9 Å². The Morgan fingerprint density at radius 3 is 3.00 bits per heavy atom. The van der Waals surface area contributed by atoms with Gasteiger partial charge in [0, 0.05) is 25.1 Å². The molecule has 1 atom stereocenters. The highest BCUT2D eigenvalue weighted by Gasteiger charge is 2.23. The van der Waals surface area contributed by atoms with Gasteiger partial charge in [-0.15, -0.1) is 0 Å². The van der Waals surface area contributed by atoms with Gasteiger partial charge < -0.3 is 16.4 Å². The van der Waals surface area contributed by atoms with Gasteiger partial charge in [-0.2, -0.15) is 0 Å². The number of hydrogen-bond donors (Lipinski definition) is 3. The van der Waals surface area contributed by atoms with Gasteiger partial charge in [0.15, 0.2) is 0 Å². The van der Waals surface area contributed by atoms with E-state index in [1.807, 2.05) is 6.07 Å². The number of benzene rings is 1. The molecule has 0 saturated carbocycles. The molecule has 0 aromatic heterocycles. The summed E-state index contributed by atoms with van der Waals surface area (Å²) in [5, 5.41) is 5.49. The average Bonchev–Trinajstić information content (AvgIpc) is 2.75. The van der Waals surface area contributed by atoms with Crippen LogP contribution in [0.1, 0.15) is 22.3 Å². The number of hydrogen-bond acceptors (Lipinski definition) is 3. The molecule has 1 aliphatic heterocycles. The molecule has 1 unspecified atom stereocenters. The van der Waals surface area contributed by atoms with Crippen molar-refractivity contribution in [3.05, 3.63) is 35.4 Å². The van der Waals surface area contributed by atoms with E-state index in [1.54, 1.807) is 18.2 Å². The van der Waals surface area contributed by atoms with E-state index in [1.165, 1.54) is 0 Å². The zero-order valence-electron chi connectivity index (χ0n) is 9.40. The molecule has 1 aromatic carbocycles. The molecular weight excluding hydrogens is 218 g/mol. The molecule has 90 valence electrons. The molecule has 1 aromatic rings. The lowest BCUT2D eigenvalue weighted by molar-refractivity contribution is -0.119. The third-order valence-corrected chi connectivity index (χ3v) is 2.74. The summed E-state index contributed by atoms with van der Waals surface area (Å²) in [6.45, 7) is 0.908. The fourth-order valence-corrected chi connectivity index (χ4v) is 1.82. The SMILES string of the molecule is NCc1cccc(C(=O)NC2CNC(=O)C2)c1. The van der Waals surface area contributed by atoms with Crippen LogP contribution in [0, 0.1) is 0 Å². The van der Waals surface area contributed by atoms with Crippen LogP contribution in [0.5, 0.6) is 0 Å². The van der Waals surface area contributed by atoms with Crippen LogP contribution in [0.15, 0.2) is 24.3 Å². The van der Waals surface area contributed by atoms with Gasteiger partial charge in [-0.25, -0.2) is 0 Å². The van der Waals surface area contributed by atoms with Crippen LogP contribution < -0.4 is 16.4 Å². The summed E-state index contributed by atoms with van der Waals surface area (Å²) in [6, 6.07) is 7.06. The first-order chi connectivity index (χ1) is 8.19. The molecule has 0 spiro atoms. The van der Waals surface area contributed by atoms with Crippen molar-refractivity contribution in [2.75, 3.05) is 6.54 Å². The number of carbonyl (C=O) groups is 2. The monoisotopic (exact) mass is 233 g/mol. The molecule has 2 rings (SSSR count). The summed E-state index contributed by atoms with van der Waals surface area (Å²) in [4.78, 5) is 22.9. The van der Waals surface area contributed by atoms with E-state index >= 15 is 0 Å². The minimum absolute atomic E-state index is 0.0222. The van der Waals surface area contributed by atoms with Crippen molar-refractivity contribution < 1.29 is 9.59 Å². The molecule has 0 aliphatic carbocycles. The lowest BCUT2D eigenvalue weighted by Crippen LogP contribution is -2.36. The van der Waals surface area contributed by atoms with Crippen LogP contribution in [0.25, 0.3) is 0 Å². The summed E-state index contributed by atoms with van der Waals surface area (Å²) in [7, 11) is 0. The maximum absolute atomic E-state index is 11.9. The topological polar surface area (TPSA) is 84.2 Å². The van der Waals surface area contributed by atoms with Crippen molar-refractivity contribution in [3.8, 4) is 0 Å². The van der Waals surface area contributed by atoms with Gasteiger partial charge in [0.25, 0.3) is 5.91 Å². The van der Waals surface area contributed by atoms with E-state index in [9.17, 15) is 9.59 Å². The van der Waals surface area contributed by atoms with Crippen LogP contribution in [0.2, 0.25) is 0 Å². The van der Waals surface area contributed by atoms with Crippen molar-refractivity contribution in [2.24, 2.45) is 5.73 Å². The molecule has 5 heteroatoms. The second-order valence-corrected chi connectivity index (χ2v) is 4.08. The van der Waals surface area contributed by atoms with Crippen LogP contribution in [-0.4, -0.2) is 24.4 Å². The molecule has 17 heavy (non-hydrogen) atoms. The lowest BCUT2D eigenvalue weighted by Gasteiger charge is -2.10. The molecular formula is C12H15N3O2. The molecule has 1 aliphatic rings. The molecule has 5 nitrogen and oxygen atoms in total. The summed E-state index contributed by atoms with van der Waals surface area (Å²) < 4.78 is 0. The highest BCUT2D eigenvalue weighted by Crippen LogP contribution is 2.06. The lowest BCUT2D eigenvalue weighted by atomic mass is 10.1. The Labute approximate surface area is 99.4 Å². The number of amides is 2. The second-order valence-electron chi connectivity index (χ2n) is 4.08. The van der Waals surface area contributed by atoms with Gasteiger partial charge in [-0.05, 0) is 17.7 Å².